The van der Waals surface area contributed by atoms with Crippen LogP contribution in [0.25, 0.3) is 0 Å². The maximum atomic E-state index is 6.10. The first-order valence-electron chi connectivity index (χ1n) is 7.14. The van der Waals surface area contributed by atoms with Crippen molar-refractivity contribution in [3.8, 4) is 0 Å². The minimum Gasteiger partial charge on any atom is -0.366 e. The second kappa shape index (κ2) is 5.63. The van der Waals surface area contributed by atoms with Crippen molar-refractivity contribution in [2.75, 3.05) is 18.0 Å². The molecule has 0 spiro atoms. The molecule has 1 heterocycles. The second-order valence-electron chi connectivity index (χ2n) is 5.67. The quantitative estimate of drug-likeness (QED) is 0.890. The van der Waals surface area contributed by atoms with Crippen molar-refractivity contribution in [3.63, 3.8) is 0 Å². The highest BCUT2D eigenvalue weighted by molar-refractivity contribution is 9.10. The third-order valence-electron chi connectivity index (χ3n) is 4.35. The van der Waals surface area contributed by atoms with E-state index in [0.29, 0.717) is 12.1 Å². The van der Waals surface area contributed by atoms with Crippen LogP contribution in [0.15, 0.2) is 22.7 Å². The number of nitrogens with zero attached hydrogens (tertiary/aromatic N) is 1. The van der Waals surface area contributed by atoms with E-state index in [1.807, 2.05) is 6.07 Å². The van der Waals surface area contributed by atoms with Crippen molar-refractivity contribution in [1.29, 1.82) is 0 Å². The number of halogens is 2. The van der Waals surface area contributed by atoms with Crippen LogP contribution in [-0.2, 0) is 0 Å². The summed E-state index contributed by atoms with van der Waals surface area (Å²) < 4.78 is 0.989. The number of nitrogens with one attached hydrogen (secondary N) is 1. The lowest BCUT2D eigenvalue weighted by Gasteiger charge is -2.42. The summed E-state index contributed by atoms with van der Waals surface area (Å²) in [6.45, 7) is 4.48. The number of anilines is 1. The average Bonchev–Trinajstić information content (AvgIpc) is 3.26. The Labute approximate surface area is 128 Å². The number of hydrogen-bond acceptors (Lipinski definition) is 2. The molecule has 4 heteroatoms. The molecule has 1 aromatic rings. The molecule has 19 heavy (non-hydrogen) atoms. The summed E-state index contributed by atoms with van der Waals surface area (Å²) in [4.78, 5) is 2.56. The van der Waals surface area contributed by atoms with Crippen LogP contribution in [0, 0.1) is 5.92 Å². The third kappa shape index (κ3) is 2.93. The molecule has 1 aliphatic carbocycles. The first-order valence-corrected chi connectivity index (χ1v) is 8.31. The summed E-state index contributed by atoms with van der Waals surface area (Å²) in [6.07, 6.45) is 3.96. The largest absolute Gasteiger partial charge is 0.366 e. The zero-order valence-corrected chi connectivity index (χ0v) is 13.5. The Morgan fingerprint density at radius 3 is 2.84 bits per heavy atom. The molecular formula is C15H20BrClN2. The van der Waals surface area contributed by atoms with Gasteiger partial charge in [0, 0.05) is 35.3 Å². The zero-order chi connectivity index (χ0) is 13.4. The summed E-state index contributed by atoms with van der Waals surface area (Å²) in [5, 5.41) is 4.51. The number of piperazine rings is 1. The standard InChI is InChI=1S/C15H20BrClN2/c1-2-11-8-18-15(10-3-4-10)9-19(11)12-5-6-14(17)13(16)7-12/h5-7,10-11,15,18H,2-4,8-9H2,1H3. The molecule has 1 N–H and O–H groups in total. The highest BCUT2D eigenvalue weighted by Gasteiger charge is 2.36. The van der Waals surface area contributed by atoms with Crippen LogP contribution >= 0.6 is 27.5 Å². The normalized spacial score (nSPS) is 27.6. The van der Waals surface area contributed by atoms with Crippen LogP contribution in [0.4, 0.5) is 5.69 Å². The molecule has 1 saturated carbocycles. The van der Waals surface area contributed by atoms with Gasteiger partial charge in [-0.2, -0.15) is 0 Å². The fourth-order valence-corrected chi connectivity index (χ4v) is 3.47. The highest BCUT2D eigenvalue weighted by Crippen LogP contribution is 2.36. The van der Waals surface area contributed by atoms with Gasteiger partial charge in [-0.3, -0.25) is 0 Å². The topological polar surface area (TPSA) is 15.3 Å². The highest BCUT2D eigenvalue weighted by atomic mass is 79.9. The third-order valence-corrected chi connectivity index (χ3v) is 5.56. The number of benzene rings is 1. The van der Waals surface area contributed by atoms with Crippen molar-refractivity contribution < 1.29 is 0 Å². The molecule has 1 aliphatic heterocycles. The van der Waals surface area contributed by atoms with E-state index < -0.39 is 0 Å². The SMILES string of the molecule is CCC1CNC(C2CC2)CN1c1ccc(Cl)c(Br)c1. The Morgan fingerprint density at radius 1 is 1.42 bits per heavy atom. The maximum absolute atomic E-state index is 6.10. The fourth-order valence-electron chi connectivity index (χ4n) is 2.98. The molecular weight excluding hydrogens is 324 g/mol. The number of hydrogen-bond donors (Lipinski definition) is 1. The first-order chi connectivity index (χ1) is 9.19. The van der Waals surface area contributed by atoms with Gasteiger partial charge in [0.05, 0.1) is 5.02 Å². The predicted octanol–water partition coefficient (Wildman–Crippen LogP) is 4.07. The summed E-state index contributed by atoms with van der Waals surface area (Å²) in [5.41, 5.74) is 1.29. The summed E-state index contributed by atoms with van der Waals surface area (Å²) in [5.74, 6) is 0.899. The van der Waals surface area contributed by atoms with Gasteiger partial charge in [0.15, 0.2) is 0 Å². The van der Waals surface area contributed by atoms with E-state index in [-0.39, 0.29) is 0 Å². The lowest BCUT2D eigenvalue weighted by atomic mass is 10.0. The Morgan fingerprint density at radius 2 is 2.21 bits per heavy atom. The molecule has 2 fully saturated rings. The van der Waals surface area contributed by atoms with Gasteiger partial charge >= 0.3 is 0 Å². The van der Waals surface area contributed by atoms with Crippen LogP contribution in [0.1, 0.15) is 26.2 Å². The van der Waals surface area contributed by atoms with Gasteiger partial charge in [-0.15, -0.1) is 0 Å². The molecule has 0 radical (unpaired) electrons. The zero-order valence-electron chi connectivity index (χ0n) is 11.2. The molecule has 0 bridgehead atoms. The Bertz CT molecular complexity index is 461. The molecule has 1 saturated heterocycles. The molecule has 1 aromatic carbocycles. The predicted molar refractivity (Wildman–Crippen MR) is 85.1 cm³/mol. The Hall–Kier alpha value is -0.250. The maximum Gasteiger partial charge on any atom is 0.0549 e. The van der Waals surface area contributed by atoms with Crippen molar-refractivity contribution >= 4 is 33.2 Å². The molecule has 0 amide bonds. The van der Waals surface area contributed by atoms with Crippen LogP contribution in [0.2, 0.25) is 5.02 Å². The van der Waals surface area contributed by atoms with Gasteiger partial charge in [-0.05, 0) is 59.3 Å². The van der Waals surface area contributed by atoms with E-state index in [9.17, 15) is 0 Å². The lowest BCUT2D eigenvalue weighted by molar-refractivity contribution is 0.360. The van der Waals surface area contributed by atoms with Crippen molar-refractivity contribution in [3.05, 3.63) is 27.7 Å². The summed E-state index contributed by atoms with van der Waals surface area (Å²) in [7, 11) is 0. The van der Waals surface area contributed by atoms with Gasteiger partial charge in [0.25, 0.3) is 0 Å². The Kier molecular flexibility index (Phi) is 4.06. The smallest absolute Gasteiger partial charge is 0.0549 e. The van der Waals surface area contributed by atoms with Crippen molar-refractivity contribution in [1.82, 2.24) is 5.32 Å². The van der Waals surface area contributed by atoms with E-state index in [1.54, 1.807) is 0 Å². The van der Waals surface area contributed by atoms with Crippen molar-refractivity contribution in [2.24, 2.45) is 5.92 Å². The van der Waals surface area contributed by atoms with E-state index in [1.165, 1.54) is 24.9 Å². The van der Waals surface area contributed by atoms with Crippen LogP contribution in [0.5, 0.6) is 0 Å². The van der Waals surface area contributed by atoms with Gasteiger partial charge in [0.2, 0.25) is 0 Å². The molecule has 2 aliphatic rings. The lowest BCUT2D eigenvalue weighted by Crippen LogP contribution is -2.57. The van der Waals surface area contributed by atoms with Crippen LogP contribution < -0.4 is 10.2 Å². The van der Waals surface area contributed by atoms with Gasteiger partial charge in [-0.25, -0.2) is 0 Å². The van der Waals surface area contributed by atoms with Crippen LogP contribution in [0.3, 0.4) is 0 Å². The molecule has 0 aromatic heterocycles. The average molecular weight is 344 g/mol. The molecule has 2 nitrogen and oxygen atoms in total. The summed E-state index contributed by atoms with van der Waals surface area (Å²) >= 11 is 9.64. The number of rotatable bonds is 3. The minimum absolute atomic E-state index is 0.586. The Balaban J connectivity index is 1.82. The first kappa shape index (κ1) is 13.7. The molecule has 2 atom stereocenters. The molecule has 2 unspecified atom stereocenters. The van der Waals surface area contributed by atoms with E-state index in [2.05, 4.69) is 45.2 Å². The van der Waals surface area contributed by atoms with Crippen molar-refractivity contribution in [2.45, 2.75) is 38.3 Å². The summed E-state index contributed by atoms with van der Waals surface area (Å²) in [6, 6.07) is 7.54. The minimum atomic E-state index is 0.586. The van der Waals surface area contributed by atoms with E-state index in [4.69, 9.17) is 11.6 Å². The molecule has 104 valence electrons. The van der Waals surface area contributed by atoms with E-state index in [0.717, 1.165) is 28.5 Å². The fraction of sp³-hybridized carbons (Fsp3) is 0.600. The van der Waals surface area contributed by atoms with Gasteiger partial charge in [-0.1, -0.05) is 18.5 Å². The molecule has 3 rings (SSSR count). The van der Waals surface area contributed by atoms with E-state index >= 15 is 0 Å². The van der Waals surface area contributed by atoms with Gasteiger partial charge < -0.3 is 10.2 Å². The second-order valence-corrected chi connectivity index (χ2v) is 6.93. The monoisotopic (exact) mass is 342 g/mol. The van der Waals surface area contributed by atoms with Gasteiger partial charge in [0.1, 0.15) is 0 Å². The van der Waals surface area contributed by atoms with Crippen LogP contribution in [-0.4, -0.2) is 25.2 Å².